The van der Waals surface area contributed by atoms with Gasteiger partial charge in [-0.05, 0) is 48.5 Å². The normalized spacial score (nSPS) is 11.5. The third-order valence-electron chi connectivity index (χ3n) is 4.74. The van der Waals surface area contributed by atoms with Crippen LogP contribution in [0.4, 0.5) is 5.69 Å². The number of thioether (sulfide) groups is 1. The van der Waals surface area contributed by atoms with E-state index in [9.17, 15) is 18.0 Å². The van der Waals surface area contributed by atoms with Crippen molar-refractivity contribution in [3.63, 3.8) is 0 Å². The molecule has 0 aliphatic rings. The van der Waals surface area contributed by atoms with E-state index in [0.717, 1.165) is 18.0 Å². The van der Waals surface area contributed by atoms with Crippen molar-refractivity contribution in [2.24, 2.45) is 0 Å². The van der Waals surface area contributed by atoms with Crippen molar-refractivity contribution in [3.8, 4) is 5.69 Å². The molecule has 7 nitrogen and oxygen atoms in total. The van der Waals surface area contributed by atoms with Gasteiger partial charge in [-0.15, -0.1) is 0 Å². The third kappa shape index (κ3) is 5.11. The fourth-order valence-electron chi connectivity index (χ4n) is 3.17. The highest BCUT2D eigenvalue weighted by molar-refractivity contribution is 7.99. The first-order valence-electron chi connectivity index (χ1n) is 9.73. The smallest absolute Gasteiger partial charge is 0.266 e. The summed E-state index contributed by atoms with van der Waals surface area (Å²) in [6.07, 6.45) is 1.12. The fraction of sp³-hybridized carbons (Fsp3) is 0.0870. The molecule has 0 saturated heterocycles. The highest BCUT2D eigenvalue weighted by atomic mass is 35.5. The van der Waals surface area contributed by atoms with Crippen LogP contribution in [0.3, 0.4) is 0 Å². The molecule has 0 atom stereocenters. The van der Waals surface area contributed by atoms with Gasteiger partial charge in [0.2, 0.25) is 5.91 Å². The van der Waals surface area contributed by atoms with Gasteiger partial charge in [-0.2, -0.15) is 0 Å². The fourth-order valence-corrected chi connectivity index (χ4v) is 4.82. The molecule has 1 aromatic heterocycles. The number of nitrogens with one attached hydrogen (secondary N) is 1. The van der Waals surface area contributed by atoms with Crippen molar-refractivity contribution in [1.29, 1.82) is 0 Å². The molecule has 4 rings (SSSR count). The minimum absolute atomic E-state index is 0.0247. The minimum Gasteiger partial charge on any atom is -0.325 e. The number of aromatic nitrogens is 2. The van der Waals surface area contributed by atoms with E-state index in [1.807, 2.05) is 0 Å². The largest absolute Gasteiger partial charge is 0.325 e. The molecule has 33 heavy (non-hydrogen) atoms. The molecule has 0 saturated carbocycles. The molecule has 1 N–H and O–H groups in total. The quantitative estimate of drug-likeness (QED) is 0.316. The van der Waals surface area contributed by atoms with Gasteiger partial charge in [0.15, 0.2) is 15.0 Å². The molecule has 168 valence electrons. The van der Waals surface area contributed by atoms with Crippen LogP contribution in [0, 0.1) is 0 Å². The Kier molecular flexibility index (Phi) is 6.55. The van der Waals surface area contributed by atoms with E-state index >= 15 is 0 Å². The average Bonchev–Trinajstić information content (AvgIpc) is 2.78. The molecule has 4 aromatic rings. The number of nitrogens with zero attached hydrogens (tertiary/aromatic N) is 2. The maximum absolute atomic E-state index is 13.3. The number of carbonyl (C=O) groups is 1. The maximum Gasteiger partial charge on any atom is 0.266 e. The number of para-hydroxylation sites is 2. The van der Waals surface area contributed by atoms with Crippen LogP contribution in [0.15, 0.2) is 87.6 Å². The monoisotopic (exact) mass is 499 g/mol. The Balaban J connectivity index is 1.62. The maximum atomic E-state index is 13.3. The average molecular weight is 500 g/mol. The van der Waals surface area contributed by atoms with Gasteiger partial charge in [0, 0.05) is 11.9 Å². The van der Waals surface area contributed by atoms with E-state index in [-0.39, 0.29) is 22.1 Å². The van der Waals surface area contributed by atoms with Crippen molar-refractivity contribution in [2.45, 2.75) is 10.1 Å². The minimum atomic E-state index is -3.32. The lowest BCUT2D eigenvalue weighted by molar-refractivity contribution is -0.113. The second kappa shape index (κ2) is 9.38. The SMILES string of the molecule is CS(=O)(=O)c1ccc(NC(=O)CSc2nc3ccccc3c(=O)n2-c2ccccc2Cl)cc1. The number of rotatable bonds is 6. The van der Waals surface area contributed by atoms with E-state index in [1.54, 1.807) is 48.5 Å². The predicted molar refractivity (Wildman–Crippen MR) is 131 cm³/mol. The molecule has 0 radical (unpaired) electrons. The second-order valence-corrected chi connectivity index (χ2v) is 10.5. The molecular weight excluding hydrogens is 482 g/mol. The summed E-state index contributed by atoms with van der Waals surface area (Å²) in [5, 5.41) is 3.87. The van der Waals surface area contributed by atoms with Gasteiger partial charge in [-0.1, -0.05) is 47.6 Å². The van der Waals surface area contributed by atoms with Gasteiger partial charge in [-0.25, -0.2) is 13.4 Å². The van der Waals surface area contributed by atoms with Crippen LogP contribution in [0.25, 0.3) is 16.6 Å². The summed E-state index contributed by atoms with van der Waals surface area (Å²) in [6.45, 7) is 0. The summed E-state index contributed by atoms with van der Waals surface area (Å²) in [5.74, 6) is -0.358. The molecule has 3 aromatic carbocycles. The summed E-state index contributed by atoms with van der Waals surface area (Å²) in [6, 6.07) is 19.8. The Hall–Kier alpha value is -3.14. The molecule has 0 spiro atoms. The highest BCUT2D eigenvalue weighted by Gasteiger charge is 2.16. The number of fused-ring (bicyclic) bond motifs is 1. The third-order valence-corrected chi connectivity index (χ3v) is 7.12. The number of anilines is 1. The van der Waals surface area contributed by atoms with Crippen molar-refractivity contribution in [2.75, 3.05) is 17.3 Å². The van der Waals surface area contributed by atoms with E-state index in [4.69, 9.17) is 11.6 Å². The number of carbonyl (C=O) groups excluding carboxylic acids is 1. The zero-order chi connectivity index (χ0) is 23.6. The number of amides is 1. The molecule has 0 aliphatic heterocycles. The Morgan fingerprint density at radius 1 is 1.03 bits per heavy atom. The number of hydrogen-bond donors (Lipinski definition) is 1. The standard InChI is InChI=1S/C23H18ClN3O4S2/c1-33(30,31)16-12-10-15(11-13-16)25-21(28)14-32-23-26-19-8-4-2-6-17(19)22(29)27(23)20-9-5-3-7-18(20)24/h2-13H,14H2,1H3,(H,25,28). The Labute approximate surface area is 199 Å². The predicted octanol–water partition coefficient (Wildman–Crippen LogP) is 4.17. The Morgan fingerprint density at radius 2 is 1.70 bits per heavy atom. The summed E-state index contributed by atoms with van der Waals surface area (Å²) in [5.41, 5.74) is 1.17. The Bertz CT molecular complexity index is 1520. The summed E-state index contributed by atoms with van der Waals surface area (Å²) < 4.78 is 24.6. The van der Waals surface area contributed by atoms with E-state index in [2.05, 4.69) is 10.3 Å². The van der Waals surface area contributed by atoms with Crippen LogP contribution >= 0.6 is 23.4 Å². The molecule has 0 aliphatic carbocycles. The number of benzene rings is 3. The van der Waals surface area contributed by atoms with Gasteiger partial charge in [-0.3, -0.25) is 14.2 Å². The van der Waals surface area contributed by atoms with Crippen LogP contribution < -0.4 is 10.9 Å². The number of hydrogen-bond acceptors (Lipinski definition) is 6. The van der Waals surface area contributed by atoms with Crippen LogP contribution in [0.1, 0.15) is 0 Å². The van der Waals surface area contributed by atoms with Crippen molar-refractivity contribution in [3.05, 3.63) is 88.2 Å². The Morgan fingerprint density at radius 3 is 2.39 bits per heavy atom. The van der Waals surface area contributed by atoms with Crippen molar-refractivity contribution < 1.29 is 13.2 Å². The topological polar surface area (TPSA) is 98.1 Å². The van der Waals surface area contributed by atoms with E-state index in [1.165, 1.54) is 28.8 Å². The molecule has 10 heteroatoms. The van der Waals surface area contributed by atoms with Gasteiger partial charge in [0.1, 0.15) is 0 Å². The first kappa shape index (κ1) is 23.0. The van der Waals surface area contributed by atoms with Crippen molar-refractivity contribution >= 4 is 55.7 Å². The first-order chi connectivity index (χ1) is 15.7. The lowest BCUT2D eigenvalue weighted by atomic mass is 10.2. The van der Waals surface area contributed by atoms with Gasteiger partial charge in [0.05, 0.1) is 32.3 Å². The van der Waals surface area contributed by atoms with Gasteiger partial charge in [0.25, 0.3) is 5.56 Å². The van der Waals surface area contributed by atoms with Crippen LogP contribution in [0.5, 0.6) is 0 Å². The summed E-state index contributed by atoms with van der Waals surface area (Å²) in [4.78, 5) is 30.5. The summed E-state index contributed by atoms with van der Waals surface area (Å²) >= 11 is 7.45. The number of sulfone groups is 1. The molecule has 1 heterocycles. The molecule has 1 amide bonds. The highest BCUT2D eigenvalue weighted by Crippen LogP contribution is 2.26. The summed E-state index contributed by atoms with van der Waals surface area (Å²) in [7, 11) is -3.32. The molecule has 0 bridgehead atoms. The van der Waals surface area contributed by atoms with Crippen LogP contribution in [0.2, 0.25) is 5.02 Å². The van der Waals surface area contributed by atoms with Crippen molar-refractivity contribution in [1.82, 2.24) is 9.55 Å². The second-order valence-electron chi connectivity index (χ2n) is 7.14. The number of halogens is 1. The molecule has 0 fully saturated rings. The lowest BCUT2D eigenvalue weighted by Crippen LogP contribution is -2.23. The van der Waals surface area contributed by atoms with E-state index < -0.39 is 9.84 Å². The van der Waals surface area contributed by atoms with Crippen LogP contribution in [-0.4, -0.2) is 35.9 Å². The zero-order valence-electron chi connectivity index (χ0n) is 17.4. The zero-order valence-corrected chi connectivity index (χ0v) is 19.7. The molecule has 0 unspecified atom stereocenters. The van der Waals surface area contributed by atoms with Crippen LogP contribution in [-0.2, 0) is 14.6 Å². The van der Waals surface area contributed by atoms with E-state index in [0.29, 0.717) is 32.5 Å². The lowest BCUT2D eigenvalue weighted by Gasteiger charge is -2.14. The van der Waals surface area contributed by atoms with Gasteiger partial charge < -0.3 is 5.32 Å². The van der Waals surface area contributed by atoms with Gasteiger partial charge >= 0.3 is 0 Å². The first-order valence-corrected chi connectivity index (χ1v) is 13.0. The molecular formula is C23H18ClN3O4S2.